The number of amides is 2. The molecular weight excluding hydrogens is 351 g/mol. The van der Waals surface area contributed by atoms with Crippen LogP contribution >= 0.6 is 24.0 Å². The minimum Gasteiger partial charge on any atom is -0.395 e. The van der Waals surface area contributed by atoms with Crippen LogP contribution in [-0.4, -0.2) is 57.3 Å². The van der Waals surface area contributed by atoms with E-state index in [0.29, 0.717) is 17.0 Å². The average Bonchev–Trinajstić information content (AvgIpc) is 2.80. The molecule has 8 heteroatoms. The molecule has 0 spiro atoms. The number of hydrogen-bond donors (Lipinski definition) is 1. The molecular formula is C16H17FN2O3S2. The van der Waals surface area contributed by atoms with Crippen molar-refractivity contribution < 1.29 is 19.1 Å². The monoisotopic (exact) mass is 368 g/mol. The van der Waals surface area contributed by atoms with Crippen LogP contribution in [0.5, 0.6) is 0 Å². The SMILES string of the molecule is CCN(CCO)C(=O)CN1C(=O)/C(=C/c2cccc(F)c2)SC1=S. The number of hydrogen-bond acceptors (Lipinski definition) is 5. The lowest BCUT2D eigenvalue weighted by Gasteiger charge is -2.22. The van der Waals surface area contributed by atoms with Gasteiger partial charge in [0.1, 0.15) is 16.7 Å². The highest BCUT2D eigenvalue weighted by Gasteiger charge is 2.34. The molecule has 0 bridgehead atoms. The first-order valence-corrected chi connectivity index (χ1v) is 8.58. The maximum absolute atomic E-state index is 13.2. The molecule has 1 aliphatic heterocycles. The van der Waals surface area contributed by atoms with Gasteiger partial charge in [-0.1, -0.05) is 36.1 Å². The van der Waals surface area contributed by atoms with Crippen LogP contribution in [0, 0.1) is 5.82 Å². The van der Waals surface area contributed by atoms with Crippen molar-refractivity contribution in [3.8, 4) is 0 Å². The molecule has 2 amide bonds. The molecule has 1 heterocycles. The molecule has 5 nitrogen and oxygen atoms in total. The molecule has 1 fully saturated rings. The van der Waals surface area contributed by atoms with Gasteiger partial charge >= 0.3 is 0 Å². The molecule has 0 atom stereocenters. The van der Waals surface area contributed by atoms with Crippen LogP contribution in [0.4, 0.5) is 4.39 Å². The molecule has 128 valence electrons. The van der Waals surface area contributed by atoms with Crippen molar-refractivity contribution in [3.05, 3.63) is 40.6 Å². The van der Waals surface area contributed by atoms with Gasteiger partial charge in [0.2, 0.25) is 5.91 Å². The molecule has 1 aromatic carbocycles. The Morgan fingerprint density at radius 1 is 1.50 bits per heavy atom. The highest BCUT2D eigenvalue weighted by molar-refractivity contribution is 8.26. The Hall–Kier alpha value is -1.77. The van der Waals surface area contributed by atoms with Crippen molar-refractivity contribution in [2.75, 3.05) is 26.2 Å². The Morgan fingerprint density at radius 3 is 2.88 bits per heavy atom. The summed E-state index contributed by atoms with van der Waals surface area (Å²) >= 11 is 6.26. The lowest BCUT2D eigenvalue weighted by atomic mass is 10.2. The third-order valence-corrected chi connectivity index (χ3v) is 4.80. The molecule has 0 saturated carbocycles. The van der Waals surface area contributed by atoms with Gasteiger partial charge in [-0.15, -0.1) is 0 Å². The number of thiocarbonyl (C=S) groups is 1. The van der Waals surface area contributed by atoms with Gasteiger partial charge < -0.3 is 10.0 Å². The Labute approximate surface area is 149 Å². The van der Waals surface area contributed by atoms with Gasteiger partial charge in [0.25, 0.3) is 5.91 Å². The predicted molar refractivity (Wildman–Crippen MR) is 95.6 cm³/mol. The molecule has 2 rings (SSSR count). The molecule has 1 N–H and O–H groups in total. The molecule has 0 unspecified atom stereocenters. The highest BCUT2D eigenvalue weighted by atomic mass is 32.2. The summed E-state index contributed by atoms with van der Waals surface area (Å²) < 4.78 is 13.5. The quantitative estimate of drug-likeness (QED) is 0.614. The van der Waals surface area contributed by atoms with Gasteiger partial charge in [-0.3, -0.25) is 14.5 Å². The smallest absolute Gasteiger partial charge is 0.266 e. The van der Waals surface area contributed by atoms with E-state index in [4.69, 9.17) is 17.3 Å². The van der Waals surface area contributed by atoms with Gasteiger partial charge in [0.15, 0.2) is 0 Å². The Balaban J connectivity index is 2.13. The van der Waals surface area contributed by atoms with Crippen molar-refractivity contribution in [2.45, 2.75) is 6.92 Å². The summed E-state index contributed by atoms with van der Waals surface area (Å²) in [5.74, 6) is -1.05. The zero-order valence-electron chi connectivity index (χ0n) is 13.1. The molecule has 0 radical (unpaired) electrons. The second kappa shape index (κ2) is 8.36. The Morgan fingerprint density at radius 2 is 2.25 bits per heavy atom. The maximum atomic E-state index is 13.2. The van der Waals surface area contributed by atoms with Crippen molar-refractivity contribution in [1.82, 2.24) is 9.80 Å². The number of halogens is 1. The summed E-state index contributed by atoms with van der Waals surface area (Å²) in [7, 11) is 0. The van der Waals surface area contributed by atoms with Crippen molar-refractivity contribution >= 4 is 46.2 Å². The maximum Gasteiger partial charge on any atom is 0.266 e. The van der Waals surface area contributed by atoms with Crippen LogP contribution in [0.25, 0.3) is 6.08 Å². The van der Waals surface area contributed by atoms with Crippen molar-refractivity contribution in [2.24, 2.45) is 0 Å². The fraction of sp³-hybridized carbons (Fsp3) is 0.312. The van der Waals surface area contributed by atoms with E-state index in [0.717, 1.165) is 11.8 Å². The van der Waals surface area contributed by atoms with Crippen LogP contribution in [0.2, 0.25) is 0 Å². The van der Waals surface area contributed by atoms with E-state index in [9.17, 15) is 14.0 Å². The van der Waals surface area contributed by atoms with E-state index in [1.165, 1.54) is 21.9 Å². The first kappa shape index (κ1) is 18.6. The second-order valence-electron chi connectivity index (χ2n) is 5.02. The van der Waals surface area contributed by atoms with Gasteiger partial charge in [-0.2, -0.15) is 0 Å². The van der Waals surface area contributed by atoms with Gasteiger partial charge in [-0.25, -0.2) is 4.39 Å². The summed E-state index contributed by atoms with van der Waals surface area (Å²) in [6.07, 6.45) is 1.55. The zero-order valence-corrected chi connectivity index (χ0v) is 14.7. The number of rotatable bonds is 6. The average molecular weight is 368 g/mol. The summed E-state index contributed by atoms with van der Waals surface area (Å²) in [6.45, 7) is 2.13. The van der Waals surface area contributed by atoms with Crippen LogP contribution in [0.15, 0.2) is 29.2 Å². The summed E-state index contributed by atoms with van der Waals surface area (Å²) in [5.41, 5.74) is 0.553. The van der Waals surface area contributed by atoms with Crippen LogP contribution < -0.4 is 0 Å². The zero-order chi connectivity index (χ0) is 17.7. The van der Waals surface area contributed by atoms with E-state index in [-0.39, 0.29) is 35.8 Å². The second-order valence-corrected chi connectivity index (χ2v) is 6.70. The largest absolute Gasteiger partial charge is 0.395 e. The lowest BCUT2D eigenvalue weighted by molar-refractivity contribution is -0.135. The lowest BCUT2D eigenvalue weighted by Crippen LogP contribution is -2.43. The van der Waals surface area contributed by atoms with Crippen LogP contribution in [-0.2, 0) is 9.59 Å². The summed E-state index contributed by atoms with van der Waals surface area (Å²) in [5, 5.41) is 8.97. The third kappa shape index (κ3) is 4.40. The normalized spacial score (nSPS) is 16.1. The van der Waals surface area contributed by atoms with Gasteiger partial charge in [0, 0.05) is 13.1 Å². The number of thioether (sulfide) groups is 1. The van der Waals surface area contributed by atoms with Crippen LogP contribution in [0.1, 0.15) is 12.5 Å². The molecule has 24 heavy (non-hydrogen) atoms. The molecule has 1 aliphatic rings. The Bertz CT molecular complexity index is 694. The minimum absolute atomic E-state index is 0.141. The van der Waals surface area contributed by atoms with Crippen LogP contribution in [0.3, 0.4) is 0 Å². The Kier molecular flexibility index (Phi) is 6.47. The van der Waals surface area contributed by atoms with E-state index in [1.54, 1.807) is 25.1 Å². The summed E-state index contributed by atoms with van der Waals surface area (Å²) in [6, 6.07) is 5.87. The molecule has 0 aromatic heterocycles. The first-order chi connectivity index (χ1) is 11.5. The number of aliphatic hydroxyl groups excluding tert-OH is 1. The number of nitrogens with zero attached hydrogens (tertiary/aromatic N) is 2. The minimum atomic E-state index is -0.392. The van der Waals surface area contributed by atoms with Crippen molar-refractivity contribution in [1.29, 1.82) is 0 Å². The molecule has 1 saturated heterocycles. The standard InChI is InChI=1S/C16H17FN2O3S2/c1-2-18(6-7-20)14(21)10-19-15(22)13(24-16(19)23)9-11-4-3-5-12(17)8-11/h3-5,8-9,20H,2,6-7,10H2,1H3/b13-9-. The molecule has 0 aliphatic carbocycles. The van der Waals surface area contributed by atoms with Gasteiger partial charge in [-0.05, 0) is 30.7 Å². The van der Waals surface area contributed by atoms with Gasteiger partial charge in [0.05, 0.1) is 11.5 Å². The third-order valence-electron chi connectivity index (χ3n) is 3.42. The number of carbonyl (C=O) groups is 2. The predicted octanol–water partition coefficient (Wildman–Crippen LogP) is 1.87. The number of benzene rings is 1. The van der Waals surface area contributed by atoms with E-state index in [1.807, 2.05) is 0 Å². The number of aliphatic hydroxyl groups is 1. The van der Waals surface area contributed by atoms with E-state index in [2.05, 4.69) is 0 Å². The van der Waals surface area contributed by atoms with E-state index >= 15 is 0 Å². The molecule has 1 aromatic rings. The first-order valence-electron chi connectivity index (χ1n) is 7.35. The highest BCUT2D eigenvalue weighted by Crippen LogP contribution is 2.32. The summed E-state index contributed by atoms with van der Waals surface area (Å²) in [4.78, 5) is 27.7. The number of likely N-dealkylation sites (N-methyl/N-ethyl adjacent to an activating group) is 1. The topological polar surface area (TPSA) is 60.9 Å². The number of carbonyl (C=O) groups excluding carboxylic acids is 2. The fourth-order valence-electron chi connectivity index (χ4n) is 2.20. The van der Waals surface area contributed by atoms with E-state index < -0.39 is 5.82 Å². The van der Waals surface area contributed by atoms with Crippen molar-refractivity contribution in [3.63, 3.8) is 0 Å². The fourth-order valence-corrected chi connectivity index (χ4v) is 3.45.